The second-order valence-electron chi connectivity index (χ2n) is 4.51. The molecule has 2 nitrogen and oxygen atoms in total. The van der Waals surface area contributed by atoms with Crippen LogP contribution < -0.4 is 5.32 Å². The molecule has 0 spiro atoms. The van der Waals surface area contributed by atoms with E-state index in [9.17, 15) is 0 Å². The molecule has 0 aromatic carbocycles. The van der Waals surface area contributed by atoms with E-state index in [2.05, 4.69) is 18.3 Å². The Morgan fingerprint density at radius 2 is 2.07 bits per heavy atom. The average molecular weight is 194 g/mol. The molecule has 1 atom stereocenters. The third kappa shape index (κ3) is 4.62. The van der Waals surface area contributed by atoms with E-state index < -0.39 is 0 Å². The van der Waals surface area contributed by atoms with Gasteiger partial charge in [0.15, 0.2) is 0 Å². The topological polar surface area (TPSA) is 35.8 Å². The minimum Gasteiger partial charge on any atom is -0.313 e. The van der Waals surface area contributed by atoms with Gasteiger partial charge in [-0.2, -0.15) is 5.26 Å². The van der Waals surface area contributed by atoms with Crippen molar-refractivity contribution in [2.24, 2.45) is 5.92 Å². The fourth-order valence-corrected chi connectivity index (χ4v) is 2.22. The van der Waals surface area contributed by atoms with Gasteiger partial charge in [-0.3, -0.25) is 0 Å². The summed E-state index contributed by atoms with van der Waals surface area (Å²) in [6.07, 6.45) is 9.08. The molecule has 0 heterocycles. The minimum atomic E-state index is 0.364. The van der Waals surface area contributed by atoms with Crippen LogP contribution in [0.2, 0.25) is 0 Å². The first-order valence-electron chi connectivity index (χ1n) is 5.93. The van der Waals surface area contributed by atoms with Gasteiger partial charge < -0.3 is 5.32 Å². The van der Waals surface area contributed by atoms with Gasteiger partial charge in [-0.05, 0) is 25.8 Å². The smallest absolute Gasteiger partial charge is 0.0638 e. The molecule has 0 aliphatic heterocycles. The van der Waals surface area contributed by atoms with Crippen LogP contribution >= 0.6 is 0 Å². The molecule has 80 valence electrons. The molecular weight excluding hydrogens is 172 g/mol. The molecule has 1 rings (SSSR count). The maximum Gasteiger partial charge on any atom is 0.0638 e. The summed E-state index contributed by atoms with van der Waals surface area (Å²) in [5.74, 6) is 0.950. The molecule has 1 fully saturated rings. The quantitative estimate of drug-likeness (QED) is 0.730. The normalized spacial score (nSPS) is 20.3. The van der Waals surface area contributed by atoms with E-state index in [-0.39, 0.29) is 0 Å². The lowest BCUT2D eigenvalue weighted by atomic mass is 9.87. The molecule has 0 saturated heterocycles. The molecule has 0 aromatic heterocycles. The van der Waals surface area contributed by atoms with Gasteiger partial charge in [0.05, 0.1) is 12.5 Å². The lowest BCUT2D eigenvalue weighted by molar-refractivity contribution is 0.329. The SMILES string of the molecule is CC(CC#N)NCCC1CCCCC1. The average Bonchev–Trinajstić information content (AvgIpc) is 2.20. The summed E-state index contributed by atoms with van der Waals surface area (Å²) in [7, 11) is 0. The predicted octanol–water partition coefficient (Wildman–Crippen LogP) is 2.85. The van der Waals surface area contributed by atoms with Crippen LogP contribution in [-0.4, -0.2) is 12.6 Å². The number of hydrogen-bond donors (Lipinski definition) is 1. The predicted molar refractivity (Wildman–Crippen MR) is 58.9 cm³/mol. The van der Waals surface area contributed by atoms with Crippen molar-refractivity contribution in [3.8, 4) is 6.07 Å². The lowest BCUT2D eigenvalue weighted by Crippen LogP contribution is -2.28. The highest BCUT2D eigenvalue weighted by molar-refractivity contribution is 4.77. The van der Waals surface area contributed by atoms with Crippen LogP contribution in [0, 0.1) is 17.2 Å². The maximum absolute atomic E-state index is 8.49. The standard InChI is InChI=1S/C12H22N2/c1-11(7-9-13)14-10-8-12-5-3-2-4-6-12/h11-12,14H,2-8,10H2,1H3. The zero-order valence-corrected chi connectivity index (χ0v) is 9.26. The third-order valence-corrected chi connectivity index (χ3v) is 3.17. The molecule has 14 heavy (non-hydrogen) atoms. The van der Waals surface area contributed by atoms with Crippen LogP contribution in [0.3, 0.4) is 0 Å². The van der Waals surface area contributed by atoms with E-state index in [4.69, 9.17) is 5.26 Å². The zero-order valence-electron chi connectivity index (χ0n) is 9.26. The molecule has 0 radical (unpaired) electrons. The zero-order chi connectivity index (χ0) is 10.2. The lowest BCUT2D eigenvalue weighted by Gasteiger charge is -2.22. The number of hydrogen-bond acceptors (Lipinski definition) is 2. The summed E-state index contributed by atoms with van der Waals surface area (Å²) in [5.41, 5.74) is 0. The highest BCUT2D eigenvalue weighted by Crippen LogP contribution is 2.25. The maximum atomic E-state index is 8.49. The third-order valence-electron chi connectivity index (χ3n) is 3.17. The van der Waals surface area contributed by atoms with Crippen molar-refractivity contribution in [1.29, 1.82) is 5.26 Å². The van der Waals surface area contributed by atoms with Gasteiger partial charge in [-0.25, -0.2) is 0 Å². The molecule has 1 aliphatic carbocycles. The van der Waals surface area contributed by atoms with Gasteiger partial charge >= 0.3 is 0 Å². The van der Waals surface area contributed by atoms with Crippen LogP contribution in [0.25, 0.3) is 0 Å². The molecular formula is C12H22N2. The fraction of sp³-hybridized carbons (Fsp3) is 0.917. The van der Waals surface area contributed by atoms with E-state index in [1.54, 1.807) is 0 Å². The molecule has 0 amide bonds. The Morgan fingerprint density at radius 1 is 1.36 bits per heavy atom. The van der Waals surface area contributed by atoms with Gasteiger partial charge in [0, 0.05) is 6.04 Å². The molecule has 1 aliphatic rings. The Morgan fingerprint density at radius 3 is 2.71 bits per heavy atom. The van der Waals surface area contributed by atoms with E-state index in [1.807, 2.05) is 0 Å². The van der Waals surface area contributed by atoms with E-state index >= 15 is 0 Å². The summed E-state index contributed by atoms with van der Waals surface area (Å²) in [5, 5.41) is 11.9. The van der Waals surface area contributed by atoms with Crippen LogP contribution in [0.1, 0.15) is 51.9 Å². The number of rotatable bonds is 5. The fourth-order valence-electron chi connectivity index (χ4n) is 2.22. The number of nitrogens with zero attached hydrogens (tertiary/aromatic N) is 1. The van der Waals surface area contributed by atoms with Crippen LogP contribution in [0.4, 0.5) is 0 Å². The summed E-state index contributed by atoms with van der Waals surface area (Å²) in [4.78, 5) is 0. The van der Waals surface area contributed by atoms with E-state index in [0.717, 1.165) is 12.5 Å². The van der Waals surface area contributed by atoms with E-state index in [1.165, 1.54) is 38.5 Å². The van der Waals surface area contributed by atoms with Gasteiger partial charge in [-0.15, -0.1) is 0 Å². The van der Waals surface area contributed by atoms with Gasteiger partial charge in [0.25, 0.3) is 0 Å². The first-order chi connectivity index (χ1) is 6.83. The summed E-state index contributed by atoms with van der Waals surface area (Å²) in [6.45, 7) is 3.18. The minimum absolute atomic E-state index is 0.364. The Bertz CT molecular complexity index is 177. The van der Waals surface area contributed by atoms with Crippen molar-refractivity contribution in [3.05, 3.63) is 0 Å². The van der Waals surface area contributed by atoms with Gasteiger partial charge in [0.1, 0.15) is 0 Å². The summed E-state index contributed by atoms with van der Waals surface area (Å²) >= 11 is 0. The highest BCUT2D eigenvalue weighted by atomic mass is 14.9. The molecule has 1 N–H and O–H groups in total. The van der Waals surface area contributed by atoms with Gasteiger partial charge in [0.2, 0.25) is 0 Å². The first kappa shape index (κ1) is 11.5. The Hall–Kier alpha value is -0.550. The second kappa shape index (κ2) is 6.84. The van der Waals surface area contributed by atoms with Gasteiger partial charge in [-0.1, -0.05) is 32.1 Å². The van der Waals surface area contributed by atoms with Crippen molar-refractivity contribution in [2.45, 2.75) is 57.9 Å². The first-order valence-corrected chi connectivity index (χ1v) is 5.93. The Kier molecular flexibility index (Phi) is 5.63. The second-order valence-corrected chi connectivity index (χ2v) is 4.51. The molecule has 0 aromatic rings. The van der Waals surface area contributed by atoms with Crippen molar-refractivity contribution in [1.82, 2.24) is 5.32 Å². The highest BCUT2D eigenvalue weighted by Gasteiger charge is 2.12. The van der Waals surface area contributed by atoms with E-state index in [0.29, 0.717) is 12.5 Å². The van der Waals surface area contributed by atoms with Crippen molar-refractivity contribution >= 4 is 0 Å². The van der Waals surface area contributed by atoms with Crippen LogP contribution in [-0.2, 0) is 0 Å². The van der Waals surface area contributed by atoms with Crippen LogP contribution in [0.5, 0.6) is 0 Å². The number of nitriles is 1. The van der Waals surface area contributed by atoms with Crippen molar-refractivity contribution in [3.63, 3.8) is 0 Å². The molecule has 0 bridgehead atoms. The summed E-state index contributed by atoms with van der Waals surface area (Å²) in [6, 6.07) is 2.56. The molecule has 1 saturated carbocycles. The molecule has 2 heteroatoms. The summed E-state index contributed by atoms with van der Waals surface area (Å²) < 4.78 is 0. The number of nitrogens with one attached hydrogen (secondary N) is 1. The Labute approximate surface area is 87.7 Å². The van der Waals surface area contributed by atoms with Crippen molar-refractivity contribution < 1.29 is 0 Å². The largest absolute Gasteiger partial charge is 0.313 e. The molecule has 1 unspecified atom stereocenters. The van der Waals surface area contributed by atoms with Crippen LogP contribution in [0.15, 0.2) is 0 Å². The van der Waals surface area contributed by atoms with Crippen molar-refractivity contribution in [2.75, 3.05) is 6.54 Å². The monoisotopic (exact) mass is 194 g/mol. The Balaban J connectivity index is 2.00.